The standard InChI is InChI=1S/C25H25ClF3N5O4/c1-36-20-12-15(13-21(37-2)23(20)38-3)18-6-7-22(32-31-18)33-8-10-34(11-9-33)24(35)30-19-14-16(25(27,28)29)4-5-17(19)26/h4-7,12-14H,8-11H2,1-3H3,(H,30,35). The molecule has 202 valence electrons. The molecular weight excluding hydrogens is 527 g/mol. The van der Waals surface area contributed by atoms with Gasteiger partial charge in [0.1, 0.15) is 0 Å². The van der Waals surface area contributed by atoms with E-state index in [9.17, 15) is 18.0 Å². The Hall–Kier alpha value is -3.93. The van der Waals surface area contributed by atoms with Crippen LogP contribution in [0.3, 0.4) is 0 Å². The first-order valence-corrected chi connectivity index (χ1v) is 11.8. The maximum atomic E-state index is 13.0. The predicted octanol–water partition coefficient (Wildman–Crippen LogP) is 5.20. The topological polar surface area (TPSA) is 89.1 Å². The molecule has 38 heavy (non-hydrogen) atoms. The molecule has 0 saturated carbocycles. The lowest BCUT2D eigenvalue weighted by atomic mass is 10.1. The number of aromatic nitrogens is 2. The number of rotatable bonds is 6. The van der Waals surface area contributed by atoms with Gasteiger partial charge in [0.25, 0.3) is 0 Å². The minimum absolute atomic E-state index is 0.0208. The lowest BCUT2D eigenvalue weighted by Crippen LogP contribution is -2.50. The molecule has 1 aromatic heterocycles. The van der Waals surface area contributed by atoms with Crippen molar-refractivity contribution >= 4 is 29.1 Å². The lowest BCUT2D eigenvalue weighted by molar-refractivity contribution is -0.137. The molecule has 1 saturated heterocycles. The Morgan fingerprint density at radius 1 is 0.921 bits per heavy atom. The number of amides is 2. The highest BCUT2D eigenvalue weighted by Crippen LogP contribution is 2.41. The van der Waals surface area contributed by atoms with Crippen LogP contribution < -0.4 is 24.4 Å². The summed E-state index contributed by atoms with van der Waals surface area (Å²) in [7, 11) is 4.59. The molecule has 3 aromatic rings. The molecule has 0 unspecified atom stereocenters. The second-order valence-corrected chi connectivity index (χ2v) is 8.69. The number of halogens is 4. The summed E-state index contributed by atoms with van der Waals surface area (Å²) in [6, 6.07) is 9.46. The summed E-state index contributed by atoms with van der Waals surface area (Å²) in [5.74, 6) is 2.09. The van der Waals surface area contributed by atoms with Gasteiger partial charge in [-0.25, -0.2) is 4.79 Å². The highest BCUT2D eigenvalue weighted by molar-refractivity contribution is 6.33. The smallest absolute Gasteiger partial charge is 0.416 e. The summed E-state index contributed by atoms with van der Waals surface area (Å²) < 4.78 is 55.2. The average molecular weight is 552 g/mol. The quantitative estimate of drug-likeness (QED) is 0.451. The van der Waals surface area contributed by atoms with Gasteiger partial charge in [0.15, 0.2) is 17.3 Å². The van der Waals surface area contributed by atoms with Crippen LogP contribution in [0.4, 0.5) is 29.5 Å². The van der Waals surface area contributed by atoms with Crippen molar-refractivity contribution in [3.8, 4) is 28.5 Å². The first-order chi connectivity index (χ1) is 18.1. The van der Waals surface area contributed by atoms with Crippen LogP contribution in [0, 0.1) is 0 Å². The van der Waals surface area contributed by atoms with Gasteiger partial charge >= 0.3 is 12.2 Å². The SMILES string of the molecule is COc1cc(-c2ccc(N3CCN(C(=O)Nc4cc(C(F)(F)F)ccc4Cl)CC3)nn2)cc(OC)c1OC. The van der Waals surface area contributed by atoms with Crippen molar-refractivity contribution in [1.82, 2.24) is 15.1 Å². The van der Waals surface area contributed by atoms with Crippen molar-refractivity contribution < 1.29 is 32.2 Å². The van der Waals surface area contributed by atoms with E-state index >= 15 is 0 Å². The molecule has 1 N–H and O–H groups in total. The van der Waals surface area contributed by atoms with Crippen LogP contribution >= 0.6 is 11.6 Å². The Kier molecular flexibility index (Phi) is 8.00. The van der Waals surface area contributed by atoms with E-state index in [4.69, 9.17) is 25.8 Å². The first-order valence-electron chi connectivity index (χ1n) is 11.5. The molecule has 9 nitrogen and oxygen atoms in total. The van der Waals surface area contributed by atoms with Crippen molar-refractivity contribution in [1.29, 1.82) is 0 Å². The molecule has 0 spiro atoms. The van der Waals surface area contributed by atoms with Gasteiger partial charge < -0.3 is 29.3 Å². The van der Waals surface area contributed by atoms with Crippen molar-refractivity contribution in [2.24, 2.45) is 0 Å². The Morgan fingerprint density at radius 2 is 1.58 bits per heavy atom. The average Bonchev–Trinajstić information content (AvgIpc) is 2.92. The highest BCUT2D eigenvalue weighted by atomic mass is 35.5. The zero-order valence-electron chi connectivity index (χ0n) is 20.8. The van der Waals surface area contributed by atoms with Gasteiger partial charge in [0, 0.05) is 31.7 Å². The van der Waals surface area contributed by atoms with Gasteiger partial charge in [-0.05, 0) is 42.5 Å². The second kappa shape index (κ2) is 11.2. The summed E-state index contributed by atoms with van der Waals surface area (Å²) in [5, 5.41) is 11.2. The van der Waals surface area contributed by atoms with Crippen molar-refractivity contribution in [2.45, 2.75) is 6.18 Å². The van der Waals surface area contributed by atoms with E-state index in [0.717, 1.165) is 23.8 Å². The largest absolute Gasteiger partial charge is 0.493 e. The molecular formula is C25H25ClF3N5O4. The molecule has 0 radical (unpaired) electrons. The molecule has 0 atom stereocenters. The van der Waals surface area contributed by atoms with Crippen molar-refractivity contribution in [3.63, 3.8) is 0 Å². The van der Waals surface area contributed by atoms with Gasteiger partial charge in [0.05, 0.1) is 43.3 Å². The second-order valence-electron chi connectivity index (χ2n) is 8.29. The molecule has 2 aromatic carbocycles. The highest BCUT2D eigenvalue weighted by Gasteiger charge is 2.31. The lowest BCUT2D eigenvalue weighted by Gasteiger charge is -2.35. The van der Waals surface area contributed by atoms with E-state index in [1.54, 1.807) is 12.1 Å². The van der Waals surface area contributed by atoms with Gasteiger partial charge in [0.2, 0.25) is 5.75 Å². The minimum Gasteiger partial charge on any atom is -0.493 e. The molecule has 4 rings (SSSR count). The van der Waals surface area contributed by atoms with Crippen LogP contribution in [0.5, 0.6) is 17.2 Å². The summed E-state index contributed by atoms with van der Waals surface area (Å²) in [6.45, 7) is 1.58. The van der Waals surface area contributed by atoms with E-state index in [2.05, 4.69) is 15.5 Å². The number of piperazine rings is 1. The van der Waals surface area contributed by atoms with Gasteiger partial charge in [-0.15, -0.1) is 10.2 Å². The predicted molar refractivity (Wildman–Crippen MR) is 136 cm³/mol. The number of methoxy groups -OCH3 is 3. The van der Waals surface area contributed by atoms with Crippen LogP contribution in [0.1, 0.15) is 5.56 Å². The molecule has 0 bridgehead atoms. The normalized spacial score (nSPS) is 13.8. The third kappa shape index (κ3) is 5.80. The van der Waals surface area contributed by atoms with Crippen LogP contribution in [0.15, 0.2) is 42.5 Å². The number of carbonyl (C=O) groups excluding carboxylic acids is 1. The third-order valence-electron chi connectivity index (χ3n) is 6.04. The number of urea groups is 1. The Labute approximate surface area is 222 Å². The van der Waals surface area contributed by atoms with Gasteiger partial charge in [-0.3, -0.25) is 0 Å². The fourth-order valence-corrected chi connectivity index (χ4v) is 4.17. The number of ether oxygens (including phenoxy) is 3. The van der Waals surface area contributed by atoms with Gasteiger partial charge in [-0.2, -0.15) is 13.2 Å². The van der Waals surface area contributed by atoms with E-state index in [1.165, 1.54) is 26.2 Å². The van der Waals surface area contributed by atoms with Crippen LogP contribution in [0.2, 0.25) is 5.02 Å². The molecule has 0 aliphatic carbocycles. The van der Waals surface area contributed by atoms with Crippen LogP contribution in [-0.2, 0) is 6.18 Å². The fraction of sp³-hybridized carbons (Fsp3) is 0.320. The third-order valence-corrected chi connectivity index (χ3v) is 6.37. The Bertz CT molecular complexity index is 1270. The molecule has 1 aliphatic heterocycles. The van der Waals surface area contributed by atoms with Crippen molar-refractivity contribution in [2.75, 3.05) is 57.7 Å². The molecule has 2 amide bonds. The number of nitrogens with one attached hydrogen (secondary N) is 1. The summed E-state index contributed by atoms with van der Waals surface area (Å²) in [5.41, 5.74) is 0.343. The minimum atomic E-state index is -4.54. The maximum absolute atomic E-state index is 13.0. The van der Waals surface area contributed by atoms with Crippen LogP contribution in [-0.4, -0.2) is 68.6 Å². The maximum Gasteiger partial charge on any atom is 0.416 e. The molecule has 13 heteroatoms. The molecule has 2 heterocycles. The fourth-order valence-electron chi connectivity index (χ4n) is 4.01. The summed E-state index contributed by atoms with van der Waals surface area (Å²) in [4.78, 5) is 16.1. The van der Waals surface area contributed by atoms with Crippen molar-refractivity contribution in [3.05, 3.63) is 53.1 Å². The van der Waals surface area contributed by atoms with E-state index < -0.39 is 17.8 Å². The number of alkyl halides is 3. The molecule has 1 fully saturated rings. The number of carbonyl (C=O) groups is 1. The Morgan fingerprint density at radius 3 is 2.11 bits per heavy atom. The number of benzene rings is 2. The number of nitrogens with zero attached hydrogens (tertiary/aromatic N) is 4. The van der Waals surface area contributed by atoms with E-state index in [0.29, 0.717) is 54.9 Å². The van der Waals surface area contributed by atoms with Crippen LogP contribution in [0.25, 0.3) is 11.3 Å². The monoisotopic (exact) mass is 551 g/mol. The number of hydrogen-bond acceptors (Lipinski definition) is 7. The Balaban J connectivity index is 1.40. The van der Waals surface area contributed by atoms with E-state index in [-0.39, 0.29) is 10.7 Å². The summed E-state index contributed by atoms with van der Waals surface area (Å²) in [6.07, 6.45) is -4.54. The summed E-state index contributed by atoms with van der Waals surface area (Å²) >= 11 is 5.99. The van der Waals surface area contributed by atoms with Gasteiger partial charge in [-0.1, -0.05) is 11.6 Å². The molecule has 1 aliphatic rings. The van der Waals surface area contributed by atoms with E-state index in [1.807, 2.05) is 17.0 Å². The zero-order chi connectivity index (χ0) is 27.4. The number of hydrogen-bond donors (Lipinski definition) is 1. The number of anilines is 2. The zero-order valence-corrected chi connectivity index (χ0v) is 21.6. The first kappa shape index (κ1) is 27.1.